The van der Waals surface area contributed by atoms with Crippen molar-refractivity contribution in [2.24, 2.45) is 5.92 Å². The molecular formula is C15H21ClN2O2. The molecule has 1 aromatic carbocycles. The van der Waals surface area contributed by atoms with E-state index in [4.69, 9.17) is 11.6 Å². The fourth-order valence-electron chi connectivity index (χ4n) is 2.39. The van der Waals surface area contributed by atoms with Gasteiger partial charge in [0.15, 0.2) is 0 Å². The molecule has 0 aromatic heterocycles. The number of carbonyl (C=O) groups excluding carboxylic acids is 1. The first-order chi connectivity index (χ1) is 9.69. The highest BCUT2D eigenvalue weighted by Gasteiger charge is 2.22. The standard InChI is InChI=1S/C15H21ClN2O2/c16-9-14(19)10-17-12-5-7-13(8-6-12)18-15(20)11-3-1-2-4-11/h5-8,11,14,17,19H,1-4,9-10H2,(H,18,20). The molecule has 2 rings (SSSR count). The SMILES string of the molecule is O=C(Nc1ccc(NCC(O)CCl)cc1)C1CCCC1. The minimum atomic E-state index is -0.557. The summed E-state index contributed by atoms with van der Waals surface area (Å²) >= 11 is 5.53. The minimum absolute atomic E-state index is 0.126. The lowest BCUT2D eigenvalue weighted by molar-refractivity contribution is -0.119. The Bertz CT molecular complexity index is 430. The van der Waals surface area contributed by atoms with Gasteiger partial charge in [0.05, 0.1) is 12.0 Å². The van der Waals surface area contributed by atoms with E-state index in [1.165, 1.54) is 0 Å². The van der Waals surface area contributed by atoms with Crippen LogP contribution in [-0.4, -0.2) is 29.5 Å². The van der Waals surface area contributed by atoms with E-state index in [-0.39, 0.29) is 17.7 Å². The molecule has 110 valence electrons. The molecule has 1 aromatic rings. The van der Waals surface area contributed by atoms with Gasteiger partial charge in [0.1, 0.15) is 0 Å². The number of aliphatic hydroxyl groups excluding tert-OH is 1. The first-order valence-electron chi connectivity index (χ1n) is 7.08. The lowest BCUT2D eigenvalue weighted by Crippen LogP contribution is -2.21. The Labute approximate surface area is 124 Å². The molecule has 0 saturated heterocycles. The molecule has 3 N–H and O–H groups in total. The second-order valence-corrected chi connectivity index (χ2v) is 5.55. The van der Waals surface area contributed by atoms with E-state index < -0.39 is 6.10 Å². The Hall–Kier alpha value is -1.26. The molecule has 1 aliphatic rings. The Balaban J connectivity index is 1.83. The summed E-state index contributed by atoms with van der Waals surface area (Å²) in [6, 6.07) is 7.49. The van der Waals surface area contributed by atoms with Crippen LogP contribution in [0.3, 0.4) is 0 Å². The van der Waals surface area contributed by atoms with Gasteiger partial charge in [0.25, 0.3) is 0 Å². The average molecular weight is 297 g/mol. The van der Waals surface area contributed by atoms with Crippen molar-refractivity contribution in [3.05, 3.63) is 24.3 Å². The van der Waals surface area contributed by atoms with Gasteiger partial charge in [-0.1, -0.05) is 12.8 Å². The molecule has 20 heavy (non-hydrogen) atoms. The topological polar surface area (TPSA) is 61.4 Å². The van der Waals surface area contributed by atoms with Crippen molar-refractivity contribution in [3.63, 3.8) is 0 Å². The molecule has 0 heterocycles. The number of rotatable bonds is 6. The Kier molecular flexibility index (Phi) is 5.68. The number of carbonyl (C=O) groups is 1. The summed E-state index contributed by atoms with van der Waals surface area (Å²) in [5, 5.41) is 15.4. The predicted molar refractivity (Wildman–Crippen MR) is 82.2 cm³/mol. The van der Waals surface area contributed by atoms with Crippen molar-refractivity contribution in [2.45, 2.75) is 31.8 Å². The summed E-state index contributed by atoms with van der Waals surface area (Å²) < 4.78 is 0. The Morgan fingerprint density at radius 2 is 1.85 bits per heavy atom. The third-order valence-electron chi connectivity index (χ3n) is 3.60. The molecule has 1 unspecified atom stereocenters. The van der Waals surface area contributed by atoms with Gasteiger partial charge in [0.2, 0.25) is 5.91 Å². The van der Waals surface area contributed by atoms with E-state index in [0.29, 0.717) is 6.54 Å². The summed E-state index contributed by atoms with van der Waals surface area (Å²) in [7, 11) is 0. The third kappa shape index (κ3) is 4.39. The highest BCUT2D eigenvalue weighted by Crippen LogP contribution is 2.26. The van der Waals surface area contributed by atoms with Gasteiger partial charge in [-0.2, -0.15) is 0 Å². The summed E-state index contributed by atoms with van der Waals surface area (Å²) in [4.78, 5) is 12.0. The molecule has 1 atom stereocenters. The zero-order valence-corrected chi connectivity index (χ0v) is 12.2. The number of alkyl halides is 1. The molecule has 0 aliphatic heterocycles. The van der Waals surface area contributed by atoms with Gasteiger partial charge in [-0.25, -0.2) is 0 Å². The fraction of sp³-hybridized carbons (Fsp3) is 0.533. The van der Waals surface area contributed by atoms with Crippen LogP contribution in [0.2, 0.25) is 0 Å². The molecular weight excluding hydrogens is 276 g/mol. The first kappa shape index (κ1) is 15.1. The first-order valence-corrected chi connectivity index (χ1v) is 7.61. The Morgan fingerprint density at radius 3 is 2.45 bits per heavy atom. The van der Waals surface area contributed by atoms with Crippen LogP contribution in [0.25, 0.3) is 0 Å². The van der Waals surface area contributed by atoms with Gasteiger partial charge < -0.3 is 15.7 Å². The third-order valence-corrected chi connectivity index (χ3v) is 3.95. The lowest BCUT2D eigenvalue weighted by atomic mass is 10.1. The molecule has 1 aliphatic carbocycles. The zero-order chi connectivity index (χ0) is 14.4. The second-order valence-electron chi connectivity index (χ2n) is 5.24. The van der Waals surface area contributed by atoms with Crippen LogP contribution in [0.15, 0.2) is 24.3 Å². The van der Waals surface area contributed by atoms with E-state index in [1.54, 1.807) is 0 Å². The van der Waals surface area contributed by atoms with Crippen LogP contribution < -0.4 is 10.6 Å². The molecule has 0 radical (unpaired) electrons. The number of benzene rings is 1. The van der Waals surface area contributed by atoms with Gasteiger partial charge in [0, 0.05) is 23.8 Å². The molecule has 1 amide bonds. The summed E-state index contributed by atoms with van der Waals surface area (Å²) in [5.41, 5.74) is 1.71. The maximum Gasteiger partial charge on any atom is 0.227 e. The number of amides is 1. The van der Waals surface area contributed by atoms with E-state index in [9.17, 15) is 9.90 Å². The minimum Gasteiger partial charge on any atom is -0.390 e. The van der Waals surface area contributed by atoms with Crippen LogP contribution in [0.1, 0.15) is 25.7 Å². The number of hydrogen-bond acceptors (Lipinski definition) is 3. The predicted octanol–water partition coefficient (Wildman–Crippen LogP) is 2.83. The summed E-state index contributed by atoms with van der Waals surface area (Å²) in [5.74, 6) is 0.509. The maximum atomic E-state index is 12.0. The maximum absolute atomic E-state index is 12.0. The highest BCUT2D eigenvalue weighted by molar-refractivity contribution is 6.18. The van der Waals surface area contributed by atoms with Crippen LogP contribution in [0.4, 0.5) is 11.4 Å². The van der Waals surface area contributed by atoms with Gasteiger partial charge >= 0.3 is 0 Å². The van der Waals surface area contributed by atoms with Crippen molar-refractivity contribution in [1.82, 2.24) is 0 Å². The zero-order valence-electron chi connectivity index (χ0n) is 11.4. The van der Waals surface area contributed by atoms with Crippen LogP contribution in [0.5, 0.6) is 0 Å². The van der Waals surface area contributed by atoms with Gasteiger partial charge in [-0.05, 0) is 37.1 Å². The monoisotopic (exact) mass is 296 g/mol. The van der Waals surface area contributed by atoms with Crippen molar-refractivity contribution in [3.8, 4) is 0 Å². The Morgan fingerprint density at radius 1 is 1.25 bits per heavy atom. The largest absolute Gasteiger partial charge is 0.390 e. The van der Waals surface area contributed by atoms with Crippen molar-refractivity contribution in [1.29, 1.82) is 0 Å². The molecule has 1 fully saturated rings. The van der Waals surface area contributed by atoms with Crippen molar-refractivity contribution in [2.75, 3.05) is 23.1 Å². The number of hydrogen-bond donors (Lipinski definition) is 3. The van der Waals surface area contributed by atoms with E-state index in [0.717, 1.165) is 37.1 Å². The smallest absolute Gasteiger partial charge is 0.227 e. The second kappa shape index (κ2) is 7.50. The van der Waals surface area contributed by atoms with Crippen molar-refractivity contribution >= 4 is 28.9 Å². The van der Waals surface area contributed by atoms with Crippen LogP contribution in [-0.2, 0) is 4.79 Å². The highest BCUT2D eigenvalue weighted by atomic mass is 35.5. The fourth-order valence-corrected chi connectivity index (χ4v) is 2.50. The molecule has 0 spiro atoms. The molecule has 4 nitrogen and oxygen atoms in total. The molecule has 5 heteroatoms. The summed E-state index contributed by atoms with van der Waals surface area (Å²) in [6.07, 6.45) is 3.76. The lowest BCUT2D eigenvalue weighted by Gasteiger charge is -2.12. The van der Waals surface area contributed by atoms with E-state index in [1.807, 2.05) is 24.3 Å². The van der Waals surface area contributed by atoms with Crippen LogP contribution in [0, 0.1) is 5.92 Å². The van der Waals surface area contributed by atoms with Gasteiger partial charge in [-0.3, -0.25) is 4.79 Å². The average Bonchev–Trinajstić information content (AvgIpc) is 3.00. The summed E-state index contributed by atoms with van der Waals surface area (Å²) in [6.45, 7) is 0.414. The molecule has 1 saturated carbocycles. The quantitative estimate of drug-likeness (QED) is 0.707. The van der Waals surface area contributed by atoms with Crippen LogP contribution >= 0.6 is 11.6 Å². The number of nitrogens with one attached hydrogen (secondary N) is 2. The molecule has 0 bridgehead atoms. The van der Waals surface area contributed by atoms with Crippen molar-refractivity contribution < 1.29 is 9.90 Å². The van der Waals surface area contributed by atoms with E-state index in [2.05, 4.69) is 10.6 Å². The van der Waals surface area contributed by atoms with E-state index >= 15 is 0 Å². The number of aliphatic hydroxyl groups is 1. The normalized spacial score (nSPS) is 16.9. The number of halogens is 1. The van der Waals surface area contributed by atoms with Gasteiger partial charge in [-0.15, -0.1) is 11.6 Å². The number of anilines is 2.